The molecule has 1 fully saturated rings. The van der Waals surface area contributed by atoms with E-state index < -0.39 is 17.9 Å². The maximum absolute atomic E-state index is 13.0. The summed E-state index contributed by atoms with van der Waals surface area (Å²) in [5.41, 5.74) is 4.00. The fraction of sp³-hybridized carbons (Fsp3) is 0.909. The summed E-state index contributed by atoms with van der Waals surface area (Å²) in [6, 6.07) is 0. The van der Waals surface area contributed by atoms with Crippen molar-refractivity contribution in [2.24, 2.45) is 5.73 Å². The molecule has 5 heteroatoms. The number of nitrogens with two attached hydrogens (primary N) is 1. The Morgan fingerprint density at radius 1 is 1.44 bits per heavy atom. The highest BCUT2D eigenvalue weighted by Gasteiger charge is 2.27. The summed E-state index contributed by atoms with van der Waals surface area (Å²) in [7, 11) is 1.50. The molecule has 1 aliphatic heterocycles. The Balaban J connectivity index is 0.00000106. The molecule has 1 rings (SSSR count). The zero-order valence-electron chi connectivity index (χ0n) is 10.6. The van der Waals surface area contributed by atoms with Crippen molar-refractivity contribution in [3.63, 3.8) is 0 Å². The first kappa shape index (κ1) is 15.2. The second-order valence-electron chi connectivity index (χ2n) is 4.67. The number of ether oxygens (including phenoxy) is 1. The Morgan fingerprint density at radius 3 is 2.44 bits per heavy atom. The van der Waals surface area contributed by atoms with Gasteiger partial charge in [0.25, 0.3) is 0 Å². The van der Waals surface area contributed by atoms with Crippen LogP contribution in [0.15, 0.2) is 0 Å². The number of likely N-dealkylation sites (tertiary alicyclic amines) is 1. The van der Waals surface area contributed by atoms with Crippen molar-refractivity contribution in [1.29, 1.82) is 0 Å². The maximum atomic E-state index is 13.0. The SMILES string of the molecule is CC(C)(C)OC(=O)N1CCCC(F)C1.CN. The van der Waals surface area contributed by atoms with E-state index in [2.05, 4.69) is 5.73 Å². The molecule has 0 aromatic heterocycles. The molecule has 1 unspecified atom stereocenters. The lowest BCUT2D eigenvalue weighted by Crippen LogP contribution is -2.43. The lowest BCUT2D eigenvalue weighted by molar-refractivity contribution is 0.0139. The molecule has 0 spiro atoms. The molecule has 0 saturated carbocycles. The summed E-state index contributed by atoms with van der Waals surface area (Å²) in [5, 5.41) is 0. The van der Waals surface area contributed by atoms with Crippen LogP contribution in [0, 0.1) is 0 Å². The number of piperidine rings is 1. The molecule has 1 heterocycles. The average Bonchev–Trinajstić information content (AvgIpc) is 2.18. The van der Waals surface area contributed by atoms with Crippen molar-refractivity contribution in [3.8, 4) is 0 Å². The zero-order valence-corrected chi connectivity index (χ0v) is 10.6. The highest BCUT2D eigenvalue weighted by Crippen LogP contribution is 2.16. The third kappa shape index (κ3) is 5.90. The van der Waals surface area contributed by atoms with Gasteiger partial charge in [-0.1, -0.05) is 0 Å². The van der Waals surface area contributed by atoms with Gasteiger partial charge in [-0.3, -0.25) is 0 Å². The van der Waals surface area contributed by atoms with Crippen LogP contribution in [0.3, 0.4) is 0 Å². The van der Waals surface area contributed by atoms with Gasteiger partial charge in [-0.05, 0) is 40.7 Å². The van der Waals surface area contributed by atoms with Gasteiger partial charge in [0.2, 0.25) is 0 Å². The smallest absolute Gasteiger partial charge is 0.410 e. The summed E-state index contributed by atoms with van der Waals surface area (Å²) in [5.74, 6) is 0. The van der Waals surface area contributed by atoms with E-state index in [1.54, 1.807) is 0 Å². The monoisotopic (exact) mass is 234 g/mol. The van der Waals surface area contributed by atoms with Crippen molar-refractivity contribution in [3.05, 3.63) is 0 Å². The van der Waals surface area contributed by atoms with Crippen LogP contribution >= 0.6 is 0 Å². The predicted molar refractivity (Wildman–Crippen MR) is 62.0 cm³/mol. The molecule has 1 aliphatic rings. The lowest BCUT2D eigenvalue weighted by Gasteiger charge is -2.31. The van der Waals surface area contributed by atoms with Crippen LogP contribution in [0.1, 0.15) is 33.6 Å². The summed E-state index contributed by atoms with van der Waals surface area (Å²) in [4.78, 5) is 12.9. The lowest BCUT2D eigenvalue weighted by atomic mass is 10.1. The summed E-state index contributed by atoms with van der Waals surface area (Å²) in [6.45, 7) is 6.20. The minimum Gasteiger partial charge on any atom is -0.444 e. The Hall–Kier alpha value is -0.840. The Kier molecular flexibility index (Phi) is 6.33. The molecule has 0 bridgehead atoms. The van der Waals surface area contributed by atoms with Gasteiger partial charge in [0.1, 0.15) is 11.8 Å². The van der Waals surface area contributed by atoms with E-state index >= 15 is 0 Å². The molecule has 4 nitrogen and oxygen atoms in total. The van der Waals surface area contributed by atoms with E-state index in [1.807, 2.05) is 20.8 Å². The molecule has 2 N–H and O–H groups in total. The first-order valence-corrected chi connectivity index (χ1v) is 5.58. The number of hydrogen-bond donors (Lipinski definition) is 1. The van der Waals surface area contributed by atoms with Gasteiger partial charge < -0.3 is 15.4 Å². The van der Waals surface area contributed by atoms with E-state index in [-0.39, 0.29) is 6.54 Å². The van der Waals surface area contributed by atoms with Crippen molar-refractivity contribution in [2.45, 2.75) is 45.4 Å². The number of hydrogen-bond acceptors (Lipinski definition) is 3. The number of carbonyl (C=O) groups excluding carboxylic acids is 1. The average molecular weight is 234 g/mol. The third-order valence-corrected chi connectivity index (χ3v) is 2.02. The zero-order chi connectivity index (χ0) is 12.8. The van der Waals surface area contributed by atoms with Gasteiger partial charge >= 0.3 is 6.09 Å². The number of alkyl halides is 1. The fourth-order valence-corrected chi connectivity index (χ4v) is 1.42. The highest BCUT2D eigenvalue weighted by atomic mass is 19.1. The molecule has 96 valence electrons. The van der Waals surface area contributed by atoms with Crippen molar-refractivity contribution >= 4 is 6.09 Å². The van der Waals surface area contributed by atoms with Crippen LogP contribution in [0.25, 0.3) is 0 Å². The molecule has 16 heavy (non-hydrogen) atoms. The fourth-order valence-electron chi connectivity index (χ4n) is 1.42. The van der Waals surface area contributed by atoms with Gasteiger partial charge in [-0.25, -0.2) is 9.18 Å². The van der Waals surface area contributed by atoms with Gasteiger partial charge in [-0.2, -0.15) is 0 Å². The van der Waals surface area contributed by atoms with Crippen molar-refractivity contribution < 1.29 is 13.9 Å². The predicted octanol–water partition coefficient (Wildman–Crippen LogP) is 1.93. The van der Waals surface area contributed by atoms with Crippen LogP contribution in [0.2, 0.25) is 0 Å². The summed E-state index contributed by atoms with van der Waals surface area (Å²) < 4.78 is 18.1. The van der Waals surface area contributed by atoms with Gasteiger partial charge in [0.05, 0.1) is 6.54 Å². The molecule has 0 radical (unpaired) electrons. The van der Waals surface area contributed by atoms with E-state index in [4.69, 9.17) is 4.74 Å². The van der Waals surface area contributed by atoms with Crippen LogP contribution in [-0.2, 0) is 4.74 Å². The molecule has 1 saturated heterocycles. The number of nitrogens with zero attached hydrogens (tertiary/aromatic N) is 1. The minimum absolute atomic E-state index is 0.176. The van der Waals surface area contributed by atoms with Crippen LogP contribution in [0.5, 0.6) is 0 Å². The van der Waals surface area contributed by atoms with Crippen LogP contribution in [-0.4, -0.2) is 42.9 Å². The maximum Gasteiger partial charge on any atom is 0.410 e. The molecule has 0 aromatic carbocycles. The van der Waals surface area contributed by atoms with Gasteiger partial charge in [0, 0.05) is 6.54 Å². The quantitative estimate of drug-likeness (QED) is 0.696. The number of carbonyl (C=O) groups is 1. The second-order valence-corrected chi connectivity index (χ2v) is 4.67. The molecule has 1 atom stereocenters. The number of halogens is 1. The Labute approximate surface area is 96.9 Å². The molecule has 1 amide bonds. The number of amides is 1. The van der Waals surface area contributed by atoms with Gasteiger partial charge in [-0.15, -0.1) is 0 Å². The molecule has 0 aromatic rings. The van der Waals surface area contributed by atoms with Crippen molar-refractivity contribution in [2.75, 3.05) is 20.1 Å². The van der Waals surface area contributed by atoms with Gasteiger partial charge in [0.15, 0.2) is 0 Å². The molecular weight excluding hydrogens is 211 g/mol. The van der Waals surface area contributed by atoms with Crippen LogP contribution < -0.4 is 5.73 Å². The Morgan fingerprint density at radius 2 is 2.00 bits per heavy atom. The normalized spacial score (nSPS) is 20.9. The topological polar surface area (TPSA) is 55.6 Å². The summed E-state index contributed by atoms with van der Waals surface area (Å²) >= 11 is 0. The van der Waals surface area contributed by atoms with Crippen molar-refractivity contribution in [1.82, 2.24) is 4.90 Å². The van der Waals surface area contributed by atoms with E-state index in [1.165, 1.54) is 11.9 Å². The highest BCUT2D eigenvalue weighted by molar-refractivity contribution is 5.68. The van der Waals surface area contributed by atoms with E-state index in [0.29, 0.717) is 13.0 Å². The minimum atomic E-state index is -0.892. The van der Waals surface area contributed by atoms with E-state index in [9.17, 15) is 9.18 Å². The largest absolute Gasteiger partial charge is 0.444 e. The van der Waals surface area contributed by atoms with E-state index in [0.717, 1.165) is 6.42 Å². The first-order valence-electron chi connectivity index (χ1n) is 5.58. The Bertz CT molecular complexity index is 217. The number of rotatable bonds is 0. The molecule has 0 aliphatic carbocycles. The third-order valence-electron chi connectivity index (χ3n) is 2.02. The molecular formula is C11H23FN2O2. The van der Waals surface area contributed by atoms with Crippen LogP contribution in [0.4, 0.5) is 9.18 Å². The summed E-state index contributed by atoms with van der Waals surface area (Å²) in [6.07, 6.45) is -0.0178. The first-order chi connectivity index (χ1) is 7.38. The standard InChI is InChI=1S/C10H18FNO2.CH5N/c1-10(2,3)14-9(13)12-6-4-5-8(11)7-12;1-2/h8H,4-7H2,1-3H3;2H2,1H3. The second kappa shape index (κ2) is 6.68.